The van der Waals surface area contributed by atoms with Crippen molar-refractivity contribution in [2.75, 3.05) is 0 Å². The maximum absolute atomic E-state index is 13.2. The molecular weight excluding hydrogens is 345 g/mol. The minimum Gasteiger partial charge on any atom is -0.361 e. The summed E-state index contributed by atoms with van der Waals surface area (Å²) in [6, 6.07) is 8.40. The second kappa shape index (κ2) is 6.33. The van der Waals surface area contributed by atoms with Crippen molar-refractivity contribution in [1.29, 1.82) is 0 Å². The molecule has 120 valence electrons. The van der Waals surface area contributed by atoms with Crippen LogP contribution in [0.4, 0.5) is 4.39 Å². The zero-order chi connectivity index (χ0) is 16.5. The Morgan fingerprint density at radius 1 is 1.21 bits per heavy atom. The molecule has 4 rings (SSSR count). The van der Waals surface area contributed by atoms with E-state index in [0.717, 1.165) is 37.8 Å². The van der Waals surface area contributed by atoms with E-state index in [4.69, 9.17) is 4.52 Å². The molecule has 3 aromatic heterocycles. The van der Waals surface area contributed by atoms with Crippen molar-refractivity contribution in [3.63, 3.8) is 0 Å². The zero-order valence-corrected chi connectivity index (χ0v) is 14.3. The highest BCUT2D eigenvalue weighted by molar-refractivity contribution is 7.98. The third-order valence-corrected chi connectivity index (χ3v) is 5.43. The number of thiophene rings is 1. The molecule has 0 aliphatic rings. The van der Waals surface area contributed by atoms with Crippen molar-refractivity contribution >= 4 is 33.3 Å². The number of aryl methyl sites for hydroxylation is 1. The van der Waals surface area contributed by atoms with Gasteiger partial charge in [0.05, 0.1) is 11.1 Å². The number of thioether (sulfide) groups is 1. The Morgan fingerprint density at radius 2 is 2.04 bits per heavy atom. The number of benzene rings is 1. The Labute approximate surface area is 145 Å². The average Bonchev–Trinajstić information content (AvgIpc) is 3.20. The van der Waals surface area contributed by atoms with Gasteiger partial charge in [-0.2, -0.15) is 0 Å². The van der Waals surface area contributed by atoms with Gasteiger partial charge in [-0.25, -0.2) is 14.4 Å². The SMILES string of the molecule is Cc1cc(CSc2ncnc3scc(-c4ccc(F)cc4)c23)no1. The fourth-order valence-electron chi connectivity index (χ4n) is 2.43. The van der Waals surface area contributed by atoms with Gasteiger partial charge in [0.2, 0.25) is 0 Å². The van der Waals surface area contributed by atoms with E-state index in [1.807, 2.05) is 18.4 Å². The Balaban J connectivity index is 1.72. The molecule has 0 radical (unpaired) electrons. The van der Waals surface area contributed by atoms with Gasteiger partial charge in [0.1, 0.15) is 27.8 Å². The molecule has 24 heavy (non-hydrogen) atoms. The van der Waals surface area contributed by atoms with E-state index in [2.05, 4.69) is 15.1 Å². The lowest BCUT2D eigenvalue weighted by Crippen LogP contribution is -1.87. The van der Waals surface area contributed by atoms with E-state index in [1.54, 1.807) is 41.6 Å². The van der Waals surface area contributed by atoms with E-state index in [-0.39, 0.29) is 5.82 Å². The third-order valence-electron chi connectivity index (χ3n) is 3.52. The molecule has 0 bridgehead atoms. The minimum absolute atomic E-state index is 0.245. The number of rotatable bonds is 4. The monoisotopic (exact) mass is 357 g/mol. The molecule has 0 amide bonds. The van der Waals surface area contributed by atoms with Crippen molar-refractivity contribution in [3.8, 4) is 11.1 Å². The molecule has 0 N–H and O–H groups in total. The molecule has 0 aliphatic heterocycles. The summed E-state index contributed by atoms with van der Waals surface area (Å²) in [7, 11) is 0. The van der Waals surface area contributed by atoms with Gasteiger partial charge in [0.25, 0.3) is 0 Å². The first kappa shape index (κ1) is 15.3. The van der Waals surface area contributed by atoms with Crippen LogP contribution in [0.2, 0.25) is 0 Å². The lowest BCUT2D eigenvalue weighted by atomic mass is 10.1. The summed E-state index contributed by atoms with van der Waals surface area (Å²) in [6.45, 7) is 1.87. The maximum atomic E-state index is 13.2. The summed E-state index contributed by atoms with van der Waals surface area (Å²) in [4.78, 5) is 9.70. The lowest BCUT2D eigenvalue weighted by molar-refractivity contribution is 0.393. The van der Waals surface area contributed by atoms with E-state index in [1.165, 1.54) is 12.1 Å². The van der Waals surface area contributed by atoms with E-state index in [9.17, 15) is 4.39 Å². The van der Waals surface area contributed by atoms with E-state index in [0.29, 0.717) is 5.75 Å². The van der Waals surface area contributed by atoms with Crippen molar-refractivity contribution in [3.05, 3.63) is 59.3 Å². The standard InChI is InChI=1S/C17H12FN3OS2/c1-10-6-13(21-22-10)7-23-16-15-14(8-24-17(15)20-9-19-16)11-2-4-12(18)5-3-11/h2-6,8-9H,7H2,1H3. The molecule has 3 heterocycles. The summed E-state index contributed by atoms with van der Waals surface area (Å²) >= 11 is 3.15. The van der Waals surface area contributed by atoms with E-state index >= 15 is 0 Å². The predicted molar refractivity (Wildman–Crippen MR) is 93.6 cm³/mol. The van der Waals surface area contributed by atoms with Gasteiger partial charge in [-0.3, -0.25) is 0 Å². The molecule has 0 aliphatic carbocycles. The van der Waals surface area contributed by atoms with Crippen LogP contribution in [0.1, 0.15) is 11.5 Å². The first-order valence-electron chi connectivity index (χ1n) is 7.24. The van der Waals surface area contributed by atoms with Crippen LogP contribution in [0.3, 0.4) is 0 Å². The second-order valence-electron chi connectivity index (χ2n) is 5.23. The van der Waals surface area contributed by atoms with Crippen molar-refractivity contribution < 1.29 is 8.91 Å². The molecule has 0 spiro atoms. The zero-order valence-electron chi connectivity index (χ0n) is 12.7. The average molecular weight is 357 g/mol. The topological polar surface area (TPSA) is 51.8 Å². The molecule has 7 heteroatoms. The smallest absolute Gasteiger partial charge is 0.133 e. The van der Waals surface area contributed by atoms with Crippen LogP contribution in [0.5, 0.6) is 0 Å². The van der Waals surface area contributed by atoms with Gasteiger partial charge in [0.15, 0.2) is 0 Å². The van der Waals surface area contributed by atoms with Gasteiger partial charge < -0.3 is 4.52 Å². The summed E-state index contributed by atoms with van der Waals surface area (Å²) in [5.74, 6) is 1.22. The first-order chi connectivity index (χ1) is 11.7. The second-order valence-corrected chi connectivity index (χ2v) is 7.05. The Hall–Kier alpha value is -2.25. The highest BCUT2D eigenvalue weighted by atomic mass is 32.2. The molecule has 0 saturated heterocycles. The highest BCUT2D eigenvalue weighted by Crippen LogP contribution is 2.38. The molecule has 0 saturated carbocycles. The lowest BCUT2D eigenvalue weighted by Gasteiger charge is -2.04. The van der Waals surface area contributed by atoms with Crippen molar-refractivity contribution in [2.24, 2.45) is 0 Å². The first-order valence-corrected chi connectivity index (χ1v) is 9.10. The van der Waals surface area contributed by atoms with Crippen LogP contribution < -0.4 is 0 Å². The summed E-state index contributed by atoms with van der Waals surface area (Å²) in [5, 5.41) is 7.94. The number of nitrogens with zero attached hydrogens (tertiary/aromatic N) is 3. The van der Waals surface area contributed by atoms with Crippen LogP contribution >= 0.6 is 23.1 Å². The number of fused-ring (bicyclic) bond motifs is 1. The number of hydrogen-bond acceptors (Lipinski definition) is 6. The fraction of sp³-hybridized carbons (Fsp3) is 0.118. The third kappa shape index (κ3) is 2.92. The van der Waals surface area contributed by atoms with Crippen molar-refractivity contribution in [1.82, 2.24) is 15.1 Å². The molecular formula is C17H12FN3OS2. The Morgan fingerprint density at radius 3 is 2.79 bits per heavy atom. The van der Waals surface area contributed by atoms with Crippen LogP contribution in [0.15, 0.2) is 51.6 Å². The minimum atomic E-state index is -0.245. The van der Waals surface area contributed by atoms with Gasteiger partial charge >= 0.3 is 0 Å². The molecule has 1 aromatic carbocycles. The van der Waals surface area contributed by atoms with Crippen LogP contribution in [0.25, 0.3) is 21.3 Å². The van der Waals surface area contributed by atoms with Crippen LogP contribution in [-0.4, -0.2) is 15.1 Å². The maximum Gasteiger partial charge on any atom is 0.133 e. The summed E-state index contributed by atoms with van der Waals surface area (Å²) in [6.07, 6.45) is 1.57. The van der Waals surface area contributed by atoms with Gasteiger partial charge in [-0.05, 0) is 24.6 Å². The number of halogens is 1. The highest BCUT2D eigenvalue weighted by Gasteiger charge is 2.14. The number of hydrogen-bond donors (Lipinski definition) is 0. The normalized spacial score (nSPS) is 11.2. The molecule has 0 unspecified atom stereocenters. The van der Waals surface area contributed by atoms with E-state index < -0.39 is 0 Å². The van der Waals surface area contributed by atoms with Crippen LogP contribution in [-0.2, 0) is 5.75 Å². The van der Waals surface area contributed by atoms with Gasteiger partial charge in [-0.15, -0.1) is 11.3 Å². The van der Waals surface area contributed by atoms with Gasteiger partial charge in [-0.1, -0.05) is 29.1 Å². The van der Waals surface area contributed by atoms with Crippen molar-refractivity contribution in [2.45, 2.75) is 17.7 Å². The largest absolute Gasteiger partial charge is 0.361 e. The summed E-state index contributed by atoms with van der Waals surface area (Å²) in [5.41, 5.74) is 2.86. The quantitative estimate of drug-likeness (QED) is 0.376. The Bertz CT molecular complexity index is 995. The molecule has 0 atom stereocenters. The fourth-order valence-corrected chi connectivity index (χ4v) is 4.30. The Kier molecular flexibility index (Phi) is 4.03. The van der Waals surface area contributed by atoms with Gasteiger partial charge in [0, 0.05) is 22.8 Å². The van der Waals surface area contributed by atoms with Crippen LogP contribution in [0, 0.1) is 12.7 Å². The predicted octanol–water partition coefficient (Wildman–Crippen LogP) is 5.09. The molecule has 4 nitrogen and oxygen atoms in total. The molecule has 0 fully saturated rings. The number of aromatic nitrogens is 3. The summed E-state index contributed by atoms with van der Waals surface area (Å²) < 4.78 is 18.3. The molecule has 4 aromatic rings.